The second-order valence-corrected chi connectivity index (χ2v) is 9.62. The number of benzene rings is 2. The second-order valence-electron chi connectivity index (χ2n) is 9.62. The predicted octanol–water partition coefficient (Wildman–Crippen LogP) is 5.02. The molecule has 2 amide bonds. The summed E-state index contributed by atoms with van der Waals surface area (Å²) in [5.41, 5.74) is 2.08. The van der Waals surface area contributed by atoms with Gasteiger partial charge in [-0.3, -0.25) is 9.69 Å². The lowest BCUT2D eigenvalue weighted by atomic mass is 9.97. The van der Waals surface area contributed by atoms with Crippen molar-refractivity contribution >= 4 is 17.7 Å². The molecule has 0 spiro atoms. The third kappa shape index (κ3) is 7.38. The van der Waals surface area contributed by atoms with Gasteiger partial charge in [0, 0.05) is 37.9 Å². The van der Waals surface area contributed by atoms with Crippen LogP contribution >= 0.6 is 0 Å². The molecule has 1 aliphatic heterocycles. The average molecular weight is 438 g/mol. The molecule has 1 N–H and O–H groups in total. The van der Waals surface area contributed by atoms with E-state index in [9.17, 15) is 9.59 Å². The molecule has 1 fully saturated rings. The smallest absolute Gasteiger partial charge is 0.410 e. The first-order chi connectivity index (χ1) is 15.2. The molecule has 0 aromatic heterocycles. The Morgan fingerprint density at radius 3 is 2.59 bits per heavy atom. The Morgan fingerprint density at radius 2 is 1.88 bits per heavy atom. The lowest BCUT2D eigenvalue weighted by molar-refractivity contribution is 0.0241. The Morgan fingerprint density at radius 1 is 1.12 bits per heavy atom. The lowest BCUT2D eigenvalue weighted by Gasteiger charge is -2.35. The number of amides is 2. The number of nitrogens with zero attached hydrogens (tertiary/aromatic N) is 2. The fraction of sp³-hybridized carbons (Fsp3) is 0.462. The van der Waals surface area contributed by atoms with Crippen LogP contribution in [0.4, 0.5) is 10.5 Å². The maximum absolute atomic E-state index is 12.6. The van der Waals surface area contributed by atoms with Crippen molar-refractivity contribution in [2.24, 2.45) is 5.92 Å². The van der Waals surface area contributed by atoms with Gasteiger partial charge in [0.2, 0.25) is 0 Å². The number of hydrogen-bond acceptors (Lipinski definition) is 4. The van der Waals surface area contributed by atoms with Crippen LogP contribution < -0.4 is 5.32 Å². The summed E-state index contributed by atoms with van der Waals surface area (Å²) < 4.78 is 5.48. The standard InChI is InChI=1S/C26H35N3O3/c1-26(2,3)32-25(31)28(4)17-21-11-9-15-29(19-21)18-20-10-8-12-22(16-20)24(30)27-23-13-6-5-7-14-23/h5-8,10,12-14,16,21H,9,11,15,17-19H2,1-4H3,(H,27,30). The Kier molecular flexibility index (Phi) is 7.91. The molecule has 6 nitrogen and oxygen atoms in total. The molecule has 2 aromatic carbocycles. The number of ether oxygens (including phenoxy) is 1. The van der Waals surface area contributed by atoms with E-state index in [0.717, 1.165) is 43.7 Å². The number of nitrogens with one attached hydrogen (secondary N) is 1. The van der Waals surface area contributed by atoms with E-state index in [4.69, 9.17) is 4.74 Å². The van der Waals surface area contributed by atoms with E-state index in [1.807, 2.05) is 76.3 Å². The summed E-state index contributed by atoms with van der Waals surface area (Å²) in [6.07, 6.45) is 1.93. The monoisotopic (exact) mass is 437 g/mol. The van der Waals surface area contributed by atoms with Crippen molar-refractivity contribution in [3.8, 4) is 0 Å². The first-order valence-corrected chi connectivity index (χ1v) is 11.3. The number of anilines is 1. The van der Waals surface area contributed by atoms with E-state index in [2.05, 4.69) is 16.3 Å². The number of rotatable bonds is 6. The zero-order valence-corrected chi connectivity index (χ0v) is 19.6. The molecule has 1 saturated heterocycles. The summed E-state index contributed by atoms with van der Waals surface area (Å²) in [5.74, 6) is 0.305. The third-order valence-corrected chi connectivity index (χ3v) is 5.47. The van der Waals surface area contributed by atoms with E-state index in [1.54, 1.807) is 4.90 Å². The normalized spacial score (nSPS) is 16.9. The fourth-order valence-corrected chi connectivity index (χ4v) is 4.04. The first-order valence-electron chi connectivity index (χ1n) is 11.3. The molecule has 0 saturated carbocycles. The highest BCUT2D eigenvalue weighted by atomic mass is 16.6. The van der Waals surface area contributed by atoms with Crippen LogP contribution in [0.5, 0.6) is 0 Å². The van der Waals surface area contributed by atoms with Crippen molar-refractivity contribution in [1.29, 1.82) is 0 Å². The third-order valence-electron chi connectivity index (χ3n) is 5.47. The zero-order chi connectivity index (χ0) is 23.1. The molecule has 1 unspecified atom stereocenters. The number of hydrogen-bond donors (Lipinski definition) is 1. The van der Waals surface area contributed by atoms with Crippen molar-refractivity contribution in [1.82, 2.24) is 9.80 Å². The molecule has 0 aliphatic carbocycles. The molecule has 3 rings (SSSR count). The van der Waals surface area contributed by atoms with Crippen LogP contribution in [0.1, 0.15) is 49.5 Å². The topological polar surface area (TPSA) is 61.9 Å². The number of carbonyl (C=O) groups is 2. The van der Waals surface area contributed by atoms with Crippen LogP contribution in [0.15, 0.2) is 54.6 Å². The Balaban J connectivity index is 1.55. The Hall–Kier alpha value is -2.86. The van der Waals surface area contributed by atoms with E-state index >= 15 is 0 Å². The molecule has 172 valence electrons. The predicted molar refractivity (Wildman–Crippen MR) is 128 cm³/mol. The molecule has 1 aliphatic rings. The first kappa shape index (κ1) is 23.8. The van der Waals surface area contributed by atoms with Gasteiger partial charge in [0.05, 0.1) is 0 Å². The van der Waals surface area contributed by atoms with Crippen LogP contribution in [0, 0.1) is 5.92 Å². The van der Waals surface area contributed by atoms with E-state index in [1.165, 1.54) is 0 Å². The summed E-state index contributed by atoms with van der Waals surface area (Å²) in [6, 6.07) is 17.3. The number of para-hydroxylation sites is 1. The molecule has 2 aromatic rings. The van der Waals surface area contributed by atoms with Crippen molar-refractivity contribution in [2.45, 2.75) is 45.8 Å². The number of carbonyl (C=O) groups excluding carboxylic acids is 2. The van der Waals surface area contributed by atoms with Gasteiger partial charge < -0.3 is 15.0 Å². The van der Waals surface area contributed by atoms with Crippen molar-refractivity contribution in [3.05, 3.63) is 65.7 Å². The summed E-state index contributed by atoms with van der Waals surface area (Å²) in [4.78, 5) is 29.0. The van der Waals surface area contributed by atoms with Gasteiger partial charge >= 0.3 is 6.09 Å². The molecule has 6 heteroatoms. The van der Waals surface area contributed by atoms with Crippen molar-refractivity contribution in [3.63, 3.8) is 0 Å². The fourth-order valence-electron chi connectivity index (χ4n) is 4.04. The van der Waals surface area contributed by atoms with Crippen LogP contribution in [-0.2, 0) is 11.3 Å². The highest BCUT2D eigenvalue weighted by Crippen LogP contribution is 2.21. The minimum atomic E-state index is -0.484. The van der Waals surface area contributed by atoms with Gasteiger partial charge in [0.1, 0.15) is 5.60 Å². The van der Waals surface area contributed by atoms with Gasteiger partial charge in [0.25, 0.3) is 5.91 Å². The van der Waals surface area contributed by atoms with E-state index < -0.39 is 5.60 Å². The molecule has 1 atom stereocenters. The highest BCUT2D eigenvalue weighted by Gasteiger charge is 2.25. The molecule has 0 radical (unpaired) electrons. The van der Waals surface area contributed by atoms with Gasteiger partial charge in [-0.05, 0) is 75.9 Å². The molecular formula is C26H35N3O3. The van der Waals surface area contributed by atoms with Gasteiger partial charge in [-0.1, -0.05) is 30.3 Å². The van der Waals surface area contributed by atoms with Crippen molar-refractivity contribution < 1.29 is 14.3 Å². The van der Waals surface area contributed by atoms with E-state index in [-0.39, 0.29) is 12.0 Å². The van der Waals surface area contributed by atoms with Gasteiger partial charge in [0.15, 0.2) is 0 Å². The second kappa shape index (κ2) is 10.6. The number of piperidine rings is 1. The minimum Gasteiger partial charge on any atom is -0.444 e. The lowest BCUT2D eigenvalue weighted by Crippen LogP contribution is -2.42. The maximum atomic E-state index is 12.6. The van der Waals surface area contributed by atoms with E-state index in [0.29, 0.717) is 18.0 Å². The SMILES string of the molecule is CN(CC1CCCN(Cc2cccc(C(=O)Nc3ccccc3)c2)C1)C(=O)OC(C)(C)C. The Labute approximate surface area is 191 Å². The van der Waals surface area contributed by atoms with Crippen LogP contribution in [0.3, 0.4) is 0 Å². The summed E-state index contributed by atoms with van der Waals surface area (Å²) in [6.45, 7) is 9.07. The molecule has 32 heavy (non-hydrogen) atoms. The van der Waals surface area contributed by atoms with Crippen molar-refractivity contribution in [2.75, 3.05) is 32.0 Å². The zero-order valence-electron chi connectivity index (χ0n) is 19.6. The summed E-state index contributed by atoms with van der Waals surface area (Å²) in [5, 5.41) is 2.94. The van der Waals surface area contributed by atoms with Gasteiger partial charge in [-0.2, -0.15) is 0 Å². The van der Waals surface area contributed by atoms with Crippen LogP contribution in [0.25, 0.3) is 0 Å². The largest absolute Gasteiger partial charge is 0.444 e. The minimum absolute atomic E-state index is 0.103. The molecular weight excluding hydrogens is 402 g/mol. The quantitative estimate of drug-likeness (QED) is 0.689. The Bertz CT molecular complexity index is 908. The number of likely N-dealkylation sites (tertiary alicyclic amines) is 1. The van der Waals surface area contributed by atoms with Gasteiger partial charge in [-0.15, -0.1) is 0 Å². The molecule has 1 heterocycles. The van der Waals surface area contributed by atoms with Crippen LogP contribution in [-0.4, -0.2) is 54.1 Å². The summed E-state index contributed by atoms with van der Waals surface area (Å²) in [7, 11) is 1.81. The van der Waals surface area contributed by atoms with Gasteiger partial charge in [-0.25, -0.2) is 4.79 Å². The average Bonchev–Trinajstić information content (AvgIpc) is 2.73. The molecule has 0 bridgehead atoms. The van der Waals surface area contributed by atoms with Crippen LogP contribution in [0.2, 0.25) is 0 Å². The summed E-state index contributed by atoms with van der Waals surface area (Å²) >= 11 is 0. The maximum Gasteiger partial charge on any atom is 0.410 e. The highest BCUT2D eigenvalue weighted by molar-refractivity contribution is 6.04.